The van der Waals surface area contributed by atoms with Gasteiger partial charge in [0.2, 0.25) is 5.91 Å². The second-order valence-electron chi connectivity index (χ2n) is 6.20. The molecule has 1 aromatic carbocycles. The lowest BCUT2D eigenvalue weighted by atomic mass is 10.1. The van der Waals surface area contributed by atoms with Crippen LogP contribution >= 0.6 is 0 Å². The fourth-order valence-electron chi connectivity index (χ4n) is 3.13. The van der Waals surface area contributed by atoms with Crippen LogP contribution in [0.5, 0.6) is 5.75 Å². The van der Waals surface area contributed by atoms with E-state index in [0.29, 0.717) is 12.3 Å². The summed E-state index contributed by atoms with van der Waals surface area (Å²) in [4.78, 5) is 16.6. The third-order valence-corrected chi connectivity index (χ3v) is 4.55. The van der Waals surface area contributed by atoms with E-state index >= 15 is 0 Å². The molecule has 0 spiro atoms. The number of hydrogen-bond acceptors (Lipinski definition) is 3. The molecule has 23 heavy (non-hydrogen) atoms. The average molecular weight is 318 g/mol. The highest BCUT2D eigenvalue weighted by molar-refractivity contribution is 5.76. The minimum absolute atomic E-state index is 0.321. The molecule has 1 fully saturated rings. The van der Waals surface area contributed by atoms with Crippen molar-refractivity contribution in [3.05, 3.63) is 24.3 Å². The number of para-hydroxylation sites is 2. The van der Waals surface area contributed by atoms with E-state index in [1.165, 1.54) is 25.7 Å². The topological polar surface area (TPSA) is 32.8 Å². The normalized spacial score (nSPS) is 14.9. The summed E-state index contributed by atoms with van der Waals surface area (Å²) < 4.78 is 5.44. The number of piperazine rings is 1. The Balaban J connectivity index is 1.76. The van der Waals surface area contributed by atoms with E-state index < -0.39 is 0 Å². The first-order chi connectivity index (χ1) is 11.3. The molecule has 1 aliphatic rings. The summed E-state index contributed by atoms with van der Waals surface area (Å²) in [5.41, 5.74) is 1.13. The van der Waals surface area contributed by atoms with Crippen LogP contribution in [0.2, 0.25) is 0 Å². The Morgan fingerprint density at radius 2 is 1.74 bits per heavy atom. The first kappa shape index (κ1) is 17.6. The minimum Gasteiger partial charge on any atom is -0.495 e. The van der Waals surface area contributed by atoms with E-state index in [1.54, 1.807) is 7.11 Å². The van der Waals surface area contributed by atoms with Crippen molar-refractivity contribution in [2.24, 2.45) is 0 Å². The van der Waals surface area contributed by atoms with Crippen LogP contribution in [0.4, 0.5) is 5.69 Å². The molecule has 0 bridgehead atoms. The van der Waals surface area contributed by atoms with Crippen LogP contribution in [0.25, 0.3) is 0 Å². The third-order valence-electron chi connectivity index (χ3n) is 4.55. The zero-order chi connectivity index (χ0) is 16.5. The highest BCUT2D eigenvalue weighted by Gasteiger charge is 2.22. The van der Waals surface area contributed by atoms with Crippen LogP contribution < -0.4 is 9.64 Å². The molecule has 1 saturated heterocycles. The number of hydrogen-bond donors (Lipinski definition) is 0. The monoisotopic (exact) mass is 318 g/mol. The molecule has 0 N–H and O–H groups in total. The van der Waals surface area contributed by atoms with Crippen molar-refractivity contribution in [3.63, 3.8) is 0 Å². The number of unbranched alkanes of at least 4 members (excludes halogenated alkanes) is 4. The molecule has 0 radical (unpaired) electrons. The maximum absolute atomic E-state index is 12.3. The van der Waals surface area contributed by atoms with Gasteiger partial charge in [-0.2, -0.15) is 0 Å². The number of anilines is 1. The number of benzene rings is 1. The summed E-state index contributed by atoms with van der Waals surface area (Å²) >= 11 is 0. The fourth-order valence-corrected chi connectivity index (χ4v) is 3.13. The number of methoxy groups -OCH3 is 1. The van der Waals surface area contributed by atoms with Gasteiger partial charge >= 0.3 is 0 Å². The van der Waals surface area contributed by atoms with Gasteiger partial charge in [-0.05, 0) is 18.6 Å². The number of rotatable bonds is 8. The van der Waals surface area contributed by atoms with Crippen LogP contribution in [-0.4, -0.2) is 44.1 Å². The summed E-state index contributed by atoms with van der Waals surface area (Å²) in [6, 6.07) is 8.10. The van der Waals surface area contributed by atoms with Gasteiger partial charge in [0, 0.05) is 32.6 Å². The van der Waals surface area contributed by atoms with Gasteiger partial charge in [-0.25, -0.2) is 0 Å². The molecule has 1 aliphatic heterocycles. The molecule has 0 atom stereocenters. The van der Waals surface area contributed by atoms with Crippen LogP contribution in [0.15, 0.2) is 24.3 Å². The Bertz CT molecular complexity index is 482. The van der Waals surface area contributed by atoms with Gasteiger partial charge in [-0.15, -0.1) is 0 Å². The Morgan fingerprint density at radius 3 is 2.43 bits per heavy atom. The number of ether oxygens (including phenoxy) is 1. The standard InChI is InChI=1S/C19H30N2O2/c1-3-4-5-6-7-12-19(22)21-15-13-20(14-16-21)17-10-8-9-11-18(17)23-2/h8-11H,3-7,12-16H2,1-2H3. The van der Waals surface area contributed by atoms with Gasteiger partial charge in [0.05, 0.1) is 12.8 Å². The largest absolute Gasteiger partial charge is 0.495 e. The number of carbonyl (C=O) groups is 1. The molecule has 0 unspecified atom stereocenters. The van der Waals surface area contributed by atoms with E-state index in [-0.39, 0.29) is 0 Å². The van der Waals surface area contributed by atoms with E-state index in [0.717, 1.165) is 44.0 Å². The van der Waals surface area contributed by atoms with Crippen molar-refractivity contribution in [2.45, 2.75) is 45.4 Å². The van der Waals surface area contributed by atoms with Crippen molar-refractivity contribution in [1.29, 1.82) is 0 Å². The smallest absolute Gasteiger partial charge is 0.222 e. The number of carbonyl (C=O) groups excluding carboxylic acids is 1. The van der Waals surface area contributed by atoms with Gasteiger partial charge in [-0.1, -0.05) is 44.7 Å². The first-order valence-corrected chi connectivity index (χ1v) is 8.92. The molecule has 0 aromatic heterocycles. The number of amides is 1. The van der Waals surface area contributed by atoms with Crippen LogP contribution in [-0.2, 0) is 4.79 Å². The highest BCUT2D eigenvalue weighted by atomic mass is 16.5. The second kappa shape index (κ2) is 9.43. The first-order valence-electron chi connectivity index (χ1n) is 8.92. The summed E-state index contributed by atoms with van der Waals surface area (Å²) in [6.07, 6.45) is 6.71. The Hall–Kier alpha value is -1.71. The zero-order valence-electron chi connectivity index (χ0n) is 14.6. The summed E-state index contributed by atoms with van der Waals surface area (Å²) in [6.45, 7) is 5.59. The van der Waals surface area contributed by atoms with Crippen molar-refractivity contribution >= 4 is 11.6 Å². The second-order valence-corrected chi connectivity index (χ2v) is 6.20. The molecule has 2 rings (SSSR count). The SMILES string of the molecule is CCCCCCCC(=O)N1CCN(c2ccccc2OC)CC1. The van der Waals surface area contributed by atoms with Crippen molar-refractivity contribution in [1.82, 2.24) is 4.90 Å². The predicted molar refractivity (Wildman–Crippen MR) is 95.2 cm³/mol. The lowest BCUT2D eigenvalue weighted by Crippen LogP contribution is -2.48. The molecule has 0 aliphatic carbocycles. The molecule has 0 saturated carbocycles. The van der Waals surface area contributed by atoms with E-state index in [1.807, 2.05) is 23.1 Å². The predicted octanol–water partition coefficient (Wildman–Crippen LogP) is 3.70. The Labute approximate surface area is 140 Å². The van der Waals surface area contributed by atoms with Crippen molar-refractivity contribution in [2.75, 3.05) is 38.2 Å². The molecule has 1 aromatic rings. The Morgan fingerprint density at radius 1 is 1.04 bits per heavy atom. The lowest BCUT2D eigenvalue weighted by molar-refractivity contribution is -0.131. The molecule has 4 heteroatoms. The van der Waals surface area contributed by atoms with Crippen molar-refractivity contribution < 1.29 is 9.53 Å². The zero-order valence-corrected chi connectivity index (χ0v) is 14.6. The maximum atomic E-state index is 12.3. The summed E-state index contributed by atoms with van der Waals surface area (Å²) in [5, 5.41) is 0. The van der Waals surface area contributed by atoms with Gasteiger partial charge in [-0.3, -0.25) is 4.79 Å². The Kier molecular flexibility index (Phi) is 7.24. The quantitative estimate of drug-likeness (QED) is 0.685. The molecular formula is C19H30N2O2. The molecular weight excluding hydrogens is 288 g/mol. The van der Waals surface area contributed by atoms with Gasteiger partial charge < -0.3 is 14.5 Å². The van der Waals surface area contributed by atoms with Gasteiger partial charge in [0.25, 0.3) is 0 Å². The molecule has 1 heterocycles. The minimum atomic E-state index is 0.321. The number of nitrogens with zero attached hydrogens (tertiary/aromatic N) is 2. The van der Waals surface area contributed by atoms with Gasteiger partial charge in [0.15, 0.2) is 0 Å². The lowest BCUT2D eigenvalue weighted by Gasteiger charge is -2.36. The molecule has 1 amide bonds. The van der Waals surface area contributed by atoms with Crippen LogP contribution in [0.1, 0.15) is 45.4 Å². The van der Waals surface area contributed by atoms with Crippen molar-refractivity contribution in [3.8, 4) is 5.75 Å². The van der Waals surface area contributed by atoms with Crippen LogP contribution in [0.3, 0.4) is 0 Å². The molecule has 4 nitrogen and oxygen atoms in total. The molecule has 128 valence electrons. The fraction of sp³-hybridized carbons (Fsp3) is 0.632. The maximum Gasteiger partial charge on any atom is 0.222 e. The highest BCUT2D eigenvalue weighted by Crippen LogP contribution is 2.28. The van der Waals surface area contributed by atoms with Gasteiger partial charge in [0.1, 0.15) is 5.75 Å². The van der Waals surface area contributed by atoms with Crippen LogP contribution in [0, 0.1) is 0 Å². The summed E-state index contributed by atoms with van der Waals surface area (Å²) in [7, 11) is 1.71. The average Bonchev–Trinajstić information content (AvgIpc) is 2.61. The van der Waals surface area contributed by atoms with E-state index in [9.17, 15) is 4.79 Å². The van der Waals surface area contributed by atoms with E-state index in [4.69, 9.17) is 4.74 Å². The summed E-state index contributed by atoms with van der Waals surface area (Å²) in [5.74, 6) is 1.23. The third kappa shape index (κ3) is 5.15. The van der Waals surface area contributed by atoms with E-state index in [2.05, 4.69) is 17.9 Å².